The zero-order valence-corrected chi connectivity index (χ0v) is 11.0. The molecule has 1 fully saturated rings. The van der Waals surface area contributed by atoms with Gasteiger partial charge in [0.05, 0.1) is 5.41 Å². The van der Waals surface area contributed by atoms with Crippen LogP contribution in [0.25, 0.3) is 0 Å². The average Bonchev–Trinajstić information content (AvgIpc) is 2.40. The van der Waals surface area contributed by atoms with E-state index in [0.717, 1.165) is 25.7 Å². The van der Waals surface area contributed by atoms with Gasteiger partial charge in [0.15, 0.2) is 0 Å². The van der Waals surface area contributed by atoms with Gasteiger partial charge in [-0.15, -0.1) is 0 Å². The van der Waals surface area contributed by atoms with E-state index in [4.69, 9.17) is 10.8 Å². The Hall–Kier alpha value is -0.610. The van der Waals surface area contributed by atoms with E-state index >= 15 is 0 Å². The van der Waals surface area contributed by atoms with E-state index in [-0.39, 0.29) is 17.9 Å². The van der Waals surface area contributed by atoms with Gasteiger partial charge in [0.25, 0.3) is 0 Å². The van der Waals surface area contributed by atoms with Gasteiger partial charge < -0.3 is 15.7 Å². The standard InChI is InChI=1S/C13H26N2O2/c1-2-15(9-6-10-16)12(17)13(11-14)7-4-3-5-8-13/h16H,2-11,14H2,1H3. The Morgan fingerprint density at radius 2 is 2.00 bits per heavy atom. The third kappa shape index (κ3) is 3.42. The lowest BCUT2D eigenvalue weighted by Gasteiger charge is -2.38. The summed E-state index contributed by atoms with van der Waals surface area (Å²) in [5.41, 5.74) is 5.55. The predicted molar refractivity (Wildman–Crippen MR) is 68.5 cm³/mol. The summed E-state index contributed by atoms with van der Waals surface area (Å²) in [5, 5.41) is 8.86. The fourth-order valence-electron chi connectivity index (χ4n) is 2.73. The molecule has 0 aromatic rings. The first-order valence-corrected chi connectivity index (χ1v) is 6.80. The van der Waals surface area contributed by atoms with Gasteiger partial charge >= 0.3 is 0 Å². The Balaban J connectivity index is 2.68. The molecule has 1 aliphatic rings. The molecule has 0 bridgehead atoms. The summed E-state index contributed by atoms with van der Waals surface area (Å²) in [4.78, 5) is 14.4. The molecule has 3 N–H and O–H groups in total. The molecule has 0 aromatic carbocycles. The SMILES string of the molecule is CCN(CCCO)C(=O)C1(CN)CCCCC1. The van der Waals surface area contributed by atoms with E-state index in [9.17, 15) is 4.79 Å². The first-order chi connectivity index (χ1) is 8.20. The molecule has 4 heteroatoms. The van der Waals surface area contributed by atoms with Crippen LogP contribution in [-0.2, 0) is 4.79 Å². The third-order valence-corrected chi connectivity index (χ3v) is 3.91. The molecular weight excluding hydrogens is 216 g/mol. The number of rotatable bonds is 6. The van der Waals surface area contributed by atoms with Crippen LogP contribution in [0.3, 0.4) is 0 Å². The summed E-state index contributed by atoms with van der Waals surface area (Å²) < 4.78 is 0. The lowest BCUT2D eigenvalue weighted by Crippen LogP contribution is -2.49. The number of hydrogen-bond donors (Lipinski definition) is 2. The smallest absolute Gasteiger partial charge is 0.230 e. The quantitative estimate of drug-likeness (QED) is 0.733. The zero-order chi connectivity index (χ0) is 12.7. The van der Waals surface area contributed by atoms with Crippen molar-refractivity contribution in [1.29, 1.82) is 0 Å². The minimum absolute atomic E-state index is 0.138. The summed E-state index contributed by atoms with van der Waals surface area (Å²) in [5.74, 6) is 0.204. The van der Waals surface area contributed by atoms with E-state index in [1.807, 2.05) is 11.8 Å². The minimum Gasteiger partial charge on any atom is -0.396 e. The first-order valence-electron chi connectivity index (χ1n) is 6.80. The molecule has 0 spiro atoms. The number of hydrogen-bond acceptors (Lipinski definition) is 3. The van der Waals surface area contributed by atoms with Gasteiger partial charge in [-0.2, -0.15) is 0 Å². The van der Waals surface area contributed by atoms with Crippen molar-refractivity contribution in [2.75, 3.05) is 26.2 Å². The average molecular weight is 242 g/mol. The van der Waals surface area contributed by atoms with Gasteiger partial charge in [-0.1, -0.05) is 19.3 Å². The number of nitrogens with two attached hydrogens (primary N) is 1. The lowest BCUT2D eigenvalue weighted by molar-refractivity contribution is -0.143. The topological polar surface area (TPSA) is 66.6 Å². The van der Waals surface area contributed by atoms with Crippen molar-refractivity contribution in [3.63, 3.8) is 0 Å². The molecule has 1 amide bonds. The Morgan fingerprint density at radius 3 is 2.47 bits per heavy atom. The van der Waals surface area contributed by atoms with Crippen molar-refractivity contribution in [3.05, 3.63) is 0 Å². The van der Waals surface area contributed by atoms with Crippen molar-refractivity contribution in [2.24, 2.45) is 11.1 Å². The van der Waals surface area contributed by atoms with Crippen LogP contribution in [0.1, 0.15) is 45.4 Å². The van der Waals surface area contributed by atoms with Crippen LogP contribution < -0.4 is 5.73 Å². The highest BCUT2D eigenvalue weighted by Crippen LogP contribution is 2.37. The molecule has 0 aromatic heterocycles. The highest BCUT2D eigenvalue weighted by atomic mass is 16.3. The molecule has 4 nitrogen and oxygen atoms in total. The van der Waals surface area contributed by atoms with Crippen molar-refractivity contribution in [1.82, 2.24) is 4.90 Å². The van der Waals surface area contributed by atoms with Crippen LogP contribution in [-0.4, -0.2) is 42.2 Å². The second-order valence-corrected chi connectivity index (χ2v) is 5.01. The fraction of sp³-hybridized carbons (Fsp3) is 0.923. The maximum absolute atomic E-state index is 12.6. The van der Waals surface area contributed by atoms with E-state index < -0.39 is 0 Å². The van der Waals surface area contributed by atoms with Gasteiger partial charge in [-0.05, 0) is 26.2 Å². The second-order valence-electron chi connectivity index (χ2n) is 5.01. The first kappa shape index (κ1) is 14.5. The predicted octanol–water partition coefficient (Wildman–Crippen LogP) is 1.13. The second kappa shape index (κ2) is 6.97. The van der Waals surface area contributed by atoms with Gasteiger partial charge in [-0.25, -0.2) is 0 Å². The van der Waals surface area contributed by atoms with Crippen molar-refractivity contribution in [2.45, 2.75) is 45.4 Å². The summed E-state index contributed by atoms with van der Waals surface area (Å²) in [6.45, 7) is 3.94. The van der Waals surface area contributed by atoms with Crippen molar-refractivity contribution in [3.8, 4) is 0 Å². The Bertz CT molecular complexity index is 238. The molecule has 1 aliphatic carbocycles. The summed E-state index contributed by atoms with van der Waals surface area (Å²) in [6, 6.07) is 0. The molecule has 17 heavy (non-hydrogen) atoms. The minimum atomic E-state index is -0.316. The van der Waals surface area contributed by atoms with E-state index in [2.05, 4.69) is 0 Å². The monoisotopic (exact) mass is 242 g/mol. The summed E-state index contributed by atoms with van der Waals surface area (Å²) in [6.07, 6.45) is 5.95. The Morgan fingerprint density at radius 1 is 1.35 bits per heavy atom. The Labute approximate surface area is 104 Å². The molecule has 1 saturated carbocycles. The highest BCUT2D eigenvalue weighted by Gasteiger charge is 2.40. The largest absolute Gasteiger partial charge is 0.396 e. The van der Waals surface area contributed by atoms with E-state index in [1.54, 1.807) is 0 Å². The molecule has 1 rings (SSSR count). The fourth-order valence-corrected chi connectivity index (χ4v) is 2.73. The third-order valence-electron chi connectivity index (χ3n) is 3.91. The van der Waals surface area contributed by atoms with E-state index in [1.165, 1.54) is 6.42 Å². The number of aliphatic hydroxyl groups excluding tert-OH is 1. The maximum Gasteiger partial charge on any atom is 0.230 e. The van der Waals surface area contributed by atoms with Crippen LogP contribution >= 0.6 is 0 Å². The number of carbonyl (C=O) groups is 1. The summed E-state index contributed by atoms with van der Waals surface area (Å²) >= 11 is 0. The number of aliphatic hydroxyl groups is 1. The number of amides is 1. The van der Waals surface area contributed by atoms with E-state index in [0.29, 0.717) is 26.1 Å². The van der Waals surface area contributed by atoms with Gasteiger partial charge in [0.2, 0.25) is 5.91 Å². The van der Waals surface area contributed by atoms with Crippen LogP contribution in [0.2, 0.25) is 0 Å². The molecule has 0 heterocycles. The van der Waals surface area contributed by atoms with Crippen molar-refractivity contribution >= 4 is 5.91 Å². The van der Waals surface area contributed by atoms with Crippen LogP contribution in [0.4, 0.5) is 0 Å². The molecular formula is C13H26N2O2. The molecule has 100 valence electrons. The lowest BCUT2D eigenvalue weighted by atomic mass is 9.73. The normalized spacial score (nSPS) is 19.0. The van der Waals surface area contributed by atoms with Crippen LogP contribution in [0.5, 0.6) is 0 Å². The number of nitrogens with zero attached hydrogens (tertiary/aromatic N) is 1. The maximum atomic E-state index is 12.6. The van der Waals surface area contributed by atoms with Gasteiger partial charge in [-0.3, -0.25) is 4.79 Å². The summed E-state index contributed by atoms with van der Waals surface area (Å²) in [7, 11) is 0. The molecule has 0 unspecified atom stereocenters. The molecule has 0 saturated heterocycles. The van der Waals surface area contributed by atoms with Gasteiger partial charge in [0.1, 0.15) is 0 Å². The highest BCUT2D eigenvalue weighted by molar-refractivity contribution is 5.83. The molecule has 0 radical (unpaired) electrons. The van der Waals surface area contributed by atoms with Crippen molar-refractivity contribution < 1.29 is 9.90 Å². The number of carbonyl (C=O) groups excluding carboxylic acids is 1. The van der Waals surface area contributed by atoms with Gasteiger partial charge in [0, 0.05) is 26.2 Å². The van der Waals surface area contributed by atoms with Crippen LogP contribution in [0, 0.1) is 5.41 Å². The molecule has 0 aliphatic heterocycles. The molecule has 0 atom stereocenters. The zero-order valence-electron chi connectivity index (χ0n) is 11.0. The van der Waals surface area contributed by atoms with Crippen LogP contribution in [0.15, 0.2) is 0 Å². The Kier molecular flexibility index (Phi) is 5.92.